The van der Waals surface area contributed by atoms with Gasteiger partial charge in [-0.15, -0.1) is 11.6 Å². The predicted octanol–water partition coefficient (Wildman–Crippen LogP) is 3.89. The number of ether oxygens (including phenoxy) is 1. The first-order chi connectivity index (χ1) is 8.20. The SMILES string of the molecule is Fc1ccc(Oc2cnccc2CCl)cc1F. The second-order valence-electron chi connectivity index (χ2n) is 3.30. The van der Waals surface area contributed by atoms with Crippen LogP contribution in [0.5, 0.6) is 11.5 Å². The van der Waals surface area contributed by atoms with Gasteiger partial charge in [-0.2, -0.15) is 0 Å². The summed E-state index contributed by atoms with van der Waals surface area (Å²) >= 11 is 5.71. The van der Waals surface area contributed by atoms with E-state index in [0.29, 0.717) is 5.75 Å². The van der Waals surface area contributed by atoms with Crippen LogP contribution in [0.4, 0.5) is 8.78 Å². The first-order valence-corrected chi connectivity index (χ1v) is 5.36. The lowest BCUT2D eigenvalue weighted by atomic mass is 10.3. The Morgan fingerprint density at radius 1 is 1.18 bits per heavy atom. The number of alkyl halides is 1. The third-order valence-corrected chi connectivity index (χ3v) is 2.42. The van der Waals surface area contributed by atoms with Crippen LogP contribution in [0.25, 0.3) is 0 Å². The number of hydrogen-bond donors (Lipinski definition) is 0. The molecule has 0 atom stereocenters. The number of halogens is 3. The van der Waals surface area contributed by atoms with Crippen LogP contribution in [0.15, 0.2) is 36.7 Å². The van der Waals surface area contributed by atoms with E-state index >= 15 is 0 Å². The highest BCUT2D eigenvalue weighted by molar-refractivity contribution is 6.17. The molecule has 0 aliphatic heterocycles. The molecule has 0 bridgehead atoms. The fourth-order valence-electron chi connectivity index (χ4n) is 1.28. The van der Waals surface area contributed by atoms with E-state index in [1.807, 2.05) is 0 Å². The van der Waals surface area contributed by atoms with Crippen LogP contribution in [0.3, 0.4) is 0 Å². The Labute approximate surface area is 102 Å². The standard InChI is InChI=1S/C12H8ClF2NO/c13-6-8-3-4-16-7-12(8)17-9-1-2-10(14)11(15)5-9/h1-5,7H,6H2. The van der Waals surface area contributed by atoms with E-state index in [-0.39, 0.29) is 11.6 Å². The van der Waals surface area contributed by atoms with Gasteiger partial charge < -0.3 is 4.74 Å². The van der Waals surface area contributed by atoms with Crippen LogP contribution in [0.2, 0.25) is 0 Å². The molecule has 88 valence electrons. The van der Waals surface area contributed by atoms with Crippen LogP contribution in [0.1, 0.15) is 5.56 Å². The van der Waals surface area contributed by atoms with Crippen molar-refractivity contribution in [2.45, 2.75) is 5.88 Å². The summed E-state index contributed by atoms with van der Waals surface area (Å²) in [4.78, 5) is 3.88. The van der Waals surface area contributed by atoms with Gasteiger partial charge in [-0.05, 0) is 18.2 Å². The molecule has 1 aromatic carbocycles. The summed E-state index contributed by atoms with van der Waals surface area (Å²) in [7, 11) is 0. The Kier molecular flexibility index (Phi) is 3.54. The second kappa shape index (κ2) is 5.10. The largest absolute Gasteiger partial charge is 0.455 e. The molecule has 0 aliphatic carbocycles. The molecule has 1 heterocycles. The van der Waals surface area contributed by atoms with Crippen molar-refractivity contribution in [2.24, 2.45) is 0 Å². The van der Waals surface area contributed by atoms with E-state index in [4.69, 9.17) is 16.3 Å². The smallest absolute Gasteiger partial charge is 0.162 e. The average Bonchev–Trinajstić information content (AvgIpc) is 2.34. The summed E-state index contributed by atoms with van der Waals surface area (Å²) in [5, 5.41) is 0. The van der Waals surface area contributed by atoms with Gasteiger partial charge in [0.15, 0.2) is 11.6 Å². The van der Waals surface area contributed by atoms with Gasteiger partial charge in [-0.3, -0.25) is 4.98 Å². The molecular weight excluding hydrogens is 248 g/mol. The molecule has 0 radical (unpaired) electrons. The number of rotatable bonds is 3. The molecule has 0 saturated carbocycles. The zero-order chi connectivity index (χ0) is 12.3. The van der Waals surface area contributed by atoms with Crippen molar-refractivity contribution in [2.75, 3.05) is 0 Å². The molecule has 1 aromatic heterocycles. The molecule has 2 aromatic rings. The van der Waals surface area contributed by atoms with Crippen molar-refractivity contribution in [3.63, 3.8) is 0 Å². The van der Waals surface area contributed by atoms with E-state index in [1.165, 1.54) is 12.3 Å². The summed E-state index contributed by atoms with van der Waals surface area (Å²) in [6, 6.07) is 5.01. The Balaban J connectivity index is 2.28. The molecule has 0 saturated heterocycles. The first kappa shape index (κ1) is 11.8. The lowest BCUT2D eigenvalue weighted by Crippen LogP contribution is -1.92. The normalized spacial score (nSPS) is 10.3. The first-order valence-electron chi connectivity index (χ1n) is 4.82. The summed E-state index contributed by atoms with van der Waals surface area (Å²) in [6.45, 7) is 0. The van der Waals surface area contributed by atoms with Crippen molar-refractivity contribution >= 4 is 11.6 Å². The topological polar surface area (TPSA) is 22.1 Å². The Hall–Kier alpha value is -1.68. The minimum atomic E-state index is -0.959. The number of nitrogens with zero attached hydrogens (tertiary/aromatic N) is 1. The third-order valence-electron chi connectivity index (χ3n) is 2.13. The van der Waals surface area contributed by atoms with Gasteiger partial charge in [-0.1, -0.05) is 0 Å². The van der Waals surface area contributed by atoms with Gasteiger partial charge in [0.1, 0.15) is 11.5 Å². The molecule has 2 rings (SSSR count). The molecule has 0 fully saturated rings. The minimum absolute atomic E-state index is 0.197. The molecule has 0 aliphatic rings. The molecule has 5 heteroatoms. The predicted molar refractivity (Wildman–Crippen MR) is 60.2 cm³/mol. The van der Waals surface area contributed by atoms with Crippen molar-refractivity contribution in [3.05, 3.63) is 53.9 Å². The summed E-state index contributed by atoms with van der Waals surface area (Å²) in [6.07, 6.45) is 3.05. The average molecular weight is 256 g/mol. The molecule has 17 heavy (non-hydrogen) atoms. The zero-order valence-corrected chi connectivity index (χ0v) is 9.42. The monoisotopic (exact) mass is 255 g/mol. The molecule has 0 amide bonds. The fraction of sp³-hybridized carbons (Fsp3) is 0.0833. The van der Waals surface area contributed by atoms with Crippen LogP contribution >= 0.6 is 11.6 Å². The summed E-state index contributed by atoms with van der Waals surface area (Å²) in [5.74, 6) is -1.00. The summed E-state index contributed by atoms with van der Waals surface area (Å²) in [5.41, 5.74) is 0.728. The van der Waals surface area contributed by atoms with E-state index < -0.39 is 11.6 Å². The molecular formula is C12H8ClF2NO. The molecule has 0 unspecified atom stereocenters. The third kappa shape index (κ3) is 2.71. The van der Waals surface area contributed by atoms with E-state index in [0.717, 1.165) is 17.7 Å². The van der Waals surface area contributed by atoms with Crippen LogP contribution in [-0.4, -0.2) is 4.98 Å². The van der Waals surface area contributed by atoms with Gasteiger partial charge in [0.2, 0.25) is 0 Å². The fourth-order valence-corrected chi connectivity index (χ4v) is 1.50. The van der Waals surface area contributed by atoms with Gasteiger partial charge in [-0.25, -0.2) is 8.78 Å². The number of benzene rings is 1. The van der Waals surface area contributed by atoms with Gasteiger partial charge >= 0.3 is 0 Å². The Morgan fingerprint density at radius 3 is 2.71 bits per heavy atom. The van der Waals surface area contributed by atoms with E-state index in [1.54, 1.807) is 12.3 Å². The highest BCUT2D eigenvalue weighted by Crippen LogP contribution is 2.26. The molecule has 0 N–H and O–H groups in total. The zero-order valence-electron chi connectivity index (χ0n) is 8.66. The van der Waals surface area contributed by atoms with Crippen molar-refractivity contribution in [1.29, 1.82) is 0 Å². The van der Waals surface area contributed by atoms with Gasteiger partial charge in [0.25, 0.3) is 0 Å². The maximum absolute atomic E-state index is 13.0. The highest BCUT2D eigenvalue weighted by atomic mass is 35.5. The van der Waals surface area contributed by atoms with E-state index in [9.17, 15) is 8.78 Å². The van der Waals surface area contributed by atoms with Gasteiger partial charge in [0, 0.05) is 17.8 Å². The Morgan fingerprint density at radius 2 is 2.00 bits per heavy atom. The van der Waals surface area contributed by atoms with Crippen molar-refractivity contribution in [1.82, 2.24) is 4.98 Å². The van der Waals surface area contributed by atoms with Crippen molar-refractivity contribution < 1.29 is 13.5 Å². The molecule has 2 nitrogen and oxygen atoms in total. The number of aromatic nitrogens is 1. The molecule has 0 spiro atoms. The number of hydrogen-bond acceptors (Lipinski definition) is 2. The highest BCUT2D eigenvalue weighted by Gasteiger charge is 2.07. The van der Waals surface area contributed by atoms with Crippen LogP contribution in [0, 0.1) is 11.6 Å². The lowest BCUT2D eigenvalue weighted by Gasteiger charge is -2.08. The lowest BCUT2D eigenvalue weighted by molar-refractivity contribution is 0.457. The van der Waals surface area contributed by atoms with E-state index in [2.05, 4.69) is 4.98 Å². The van der Waals surface area contributed by atoms with Crippen molar-refractivity contribution in [3.8, 4) is 11.5 Å². The quantitative estimate of drug-likeness (QED) is 0.776. The minimum Gasteiger partial charge on any atom is -0.455 e. The maximum Gasteiger partial charge on any atom is 0.162 e. The second-order valence-corrected chi connectivity index (χ2v) is 3.56. The maximum atomic E-state index is 13.0. The Bertz CT molecular complexity index is 534. The number of pyridine rings is 1. The van der Waals surface area contributed by atoms with Gasteiger partial charge in [0.05, 0.1) is 12.1 Å². The summed E-state index contributed by atoms with van der Waals surface area (Å²) < 4.78 is 31.1. The van der Waals surface area contributed by atoms with Crippen LogP contribution in [-0.2, 0) is 5.88 Å². The van der Waals surface area contributed by atoms with Crippen LogP contribution < -0.4 is 4.74 Å².